The van der Waals surface area contributed by atoms with E-state index in [0.717, 1.165) is 33.9 Å². The Kier molecular flexibility index (Phi) is 6.80. The lowest BCUT2D eigenvalue weighted by molar-refractivity contribution is 0.286. The molecular weight excluding hydrogens is 414 g/mol. The SMILES string of the molecule is C=CCn1c(COc2ccc3c(c2C)CCCC3)nnc1SCc1ccc(Cl)cc1. The zero-order chi connectivity index (χ0) is 20.9. The predicted molar refractivity (Wildman–Crippen MR) is 123 cm³/mol. The van der Waals surface area contributed by atoms with Gasteiger partial charge in [-0.3, -0.25) is 4.57 Å². The molecule has 2 aromatic carbocycles. The van der Waals surface area contributed by atoms with Crippen molar-refractivity contribution in [2.75, 3.05) is 0 Å². The van der Waals surface area contributed by atoms with E-state index in [1.54, 1.807) is 11.8 Å². The Hall–Kier alpha value is -2.24. The maximum Gasteiger partial charge on any atom is 0.191 e. The van der Waals surface area contributed by atoms with Crippen LogP contribution in [0, 0.1) is 6.92 Å². The normalized spacial score (nSPS) is 13.1. The van der Waals surface area contributed by atoms with Crippen LogP contribution < -0.4 is 4.74 Å². The van der Waals surface area contributed by atoms with Crippen molar-refractivity contribution in [1.29, 1.82) is 0 Å². The number of rotatable bonds is 8. The topological polar surface area (TPSA) is 39.9 Å². The highest BCUT2D eigenvalue weighted by atomic mass is 35.5. The number of aryl methyl sites for hydroxylation is 1. The van der Waals surface area contributed by atoms with Gasteiger partial charge in [0.25, 0.3) is 0 Å². The number of hydrogen-bond donors (Lipinski definition) is 0. The molecule has 0 atom stereocenters. The number of benzene rings is 2. The maximum atomic E-state index is 6.18. The van der Waals surface area contributed by atoms with Crippen LogP contribution in [0.3, 0.4) is 0 Å². The number of ether oxygens (including phenoxy) is 1. The van der Waals surface area contributed by atoms with Crippen molar-refractivity contribution in [2.24, 2.45) is 0 Å². The van der Waals surface area contributed by atoms with Gasteiger partial charge in [-0.1, -0.05) is 47.6 Å². The second-order valence-electron chi connectivity index (χ2n) is 7.54. The van der Waals surface area contributed by atoms with E-state index in [4.69, 9.17) is 16.3 Å². The molecule has 1 aromatic heterocycles. The number of allylic oxidation sites excluding steroid dienone is 1. The fourth-order valence-corrected chi connectivity index (χ4v) is 4.91. The number of hydrogen-bond acceptors (Lipinski definition) is 4. The standard InChI is InChI=1S/C24H26ClN3OS/c1-3-14-28-23(26-27-24(28)30-16-18-8-11-20(25)12-9-18)15-29-22-13-10-19-6-4-5-7-21(19)17(22)2/h3,8-13H,1,4-7,14-16H2,2H3. The Balaban J connectivity index is 1.46. The van der Waals surface area contributed by atoms with Crippen LogP contribution in [-0.2, 0) is 31.7 Å². The number of halogens is 1. The van der Waals surface area contributed by atoms with E-state index in [9.17, 15) is 0 Å². The Morgan fingerprint density at radius 1 is 1.13 bits per heavy atom. The molecule has 0 saturated heterocycles. The number of thioether (sulfide) groups is 1. The van der Waals surface area contributed by atoms with E-state index >= 15 is 0 Å². The summed E-state index contributed by atoms with van der Waals surface area (Å²) in [5.41, 5.74) is 5.40. The van der Waals surface area contributed by atoms with Gasteiger partial charge in [-0.05, 0) is 73.1 Å². The van der Waals surface area contributed by atoms with Gasteiger partial charge in [-0.15, -0.1) is 16.8 Å². The third kappa shape index (κ3) is 4.73. The van der Waals surface area contributed by atoms with Crippen molar-refractivity contribution in [2.45, 2.75) is 56.7 Å². The molecule has 1 aliphatic rings. The predicted octanol–water partition coefficient (Wildman–Crippen LogP) is 6.18. The highest BCUT2D eigenvalue weighted by Gasteiger charge is 2.16. The minimum absolute atomic E-state index is 0.391. The van der Waals surface area contributed by atoms with Crippen LogP contribution in [0.25, 0.3) is 0 Å². The summed E-state index contributed by atoms with van der Waals surface area (Å²) in [5, 5.41) is 10.4. The monoisotopic (exact) mass is 439 g/mol. The van der Waals surface area contributed by atoms with Crippen LogP contribution in [0.1, 0.15) is 40.9 Å². The van der Waals surface area contributed by atoms with E-state index < -0.39 is 0 Å². The third-order valence-electron chi connectivity index (χ3n) is 5.51. The average Bonchev–Trinajstić information content (AvgIpc) is 3.15. The summed E-state index contributed by atoms with van der Waals surface area (Å²) >= 11 is 7.63. The Morgan fingerprint density at radius 3 is 2.73 bits per heavy atom. The Bertz CT molecular complexity index is 1030. The first-order valence-electron chi connectivity index (χ1n) is 10.3. The highest BCUT2D eigenvalue weighted by molar-refractivity contribution is 7.98. The van der Waals surface area contributed by atoms with E-state index in [1.807, 2.05) is 30.3 Å². The van der Waals surface area contributed by atoms with Gasteiger partial charge in [-0.25, -0.2) is 0 Å². The van der Waals surface area contributed by atoms with Gasteiger partial charge in [0.2, 0.25) is 0 Å². The molecule has 0 spiro atoms. The Morgan fingerprint density at radius 2 is 1.93 bits per heavy atom. The third-order valence-corrected chi connectivity index (χ3v) is 6.80. The van der Waals surface area contributed by atoms with Crippen molar-refractivity contribution in [3.05, 3.63) is 82.2 Å². The summed E-state index contributed by atoms with van der Waals surface area (Å²) in [4.78, 5) is 0. The van der Waals surface area contributed by atoms with Crippen LogP contribution in [-0.4, -0.2) is 14.8 Å². The average molecular weight is 440 g/mol. The molecule has 0 radical (unpaired) electrons. The first-order chi connectivity index (χ1) is 14.7. The fraction of sp³-hybridized carbons (Fsp3) is 0.333. The first kappa shape index (κ1) is 21.0. The van der Waals surface area contributed by atoms with E-state index in [-0.39, 0.29) is 0 Å². The second-order valence-corrected chi connectivity index (χ2v) is 8.91. The van der Waals surface area contributed by atoms with Gasteiger partial charge in [-0.2, -0.15) is 0 Å². The molecule has 4 rings (SSSR count). The molecule has 30 heavy (non-hydrogen) atoms. The summed E-state index contributed by atoms with van der Waals surface area (Å²) in [7, 11) is 0. The van der Waals surface area contributed by atoms with E-state index in [1.165, 1.54) is 41.5 Å². The molecule has 3 aromatic rings. The van der Waals surface area contributed by atoms with Gasteiger partial charge in [0.05, 0.1) is 0 Å². The molecular formula is C24H26ClN3OS. The van der Waals surface area contributed by atoms with Crippen LogP contribution in [0.2, 0.25) is 5.02 Å². The van der Waals surface area contributed by atoms with Crippen molar-refractivity contribution in [3.63, 3.8) is 0 Å². The molecule has 0 bridgehead atoms. The molecule has 1 heterocycles. The summed E-state index contributed by atoms with van der Waals surface area (Å²) in [6.07, 6.45) is 6.74. The van der Waals surface area contributed by atoms with Gasteiger partial charge in [0.15, 0.2) is 11.0 Å². The highest BCUT2D eigenvalue weighted by Crippen LogP contribution is 2.31. The Labute approximate surface area is 187 Å². The van der Waals surface area contributed by atoms with Gasteiger partial charge >= 0.3 is 0 Å². The number of fused-ring (bicyclic) bond motifs is 1. The zero-order valence-electron chi connectivity index (χ0n) is 17.2. The molecule has 6 heteroatoms. The van der Waals surface area contributed by atoms with Crippen molar-refractivity contribution < 1.29 is 4.74 Å². The molecule has 0 fully saturated rings. The second kappa shape index (κ2) is 9.71. The minimum atomic E-state index is 0.391. The summed E-state index contributed by atoms with van der Waals surface area (Å²) in [6, 6.07) is 12.2. The lowest BCUT2D eigenvalue weighted by atomic mass is 9.88. The van der Waals surface area contributed by atoms with Crippen molar-refractivity contribution in [1.82, 2.24) is 14.8 Å². The molecule has 1 aliphatic carbocycles. The van der Waals surface area contributed by atoms with Crippen LogP contribution in [0.4, 0.5) is 0 Å². The minimum Gasteiger partial charge on any atom is -0.485 e. The molecule has 0 unspecified atom stereocenters. The quantitative estimate of drug-likeness (QED) is 0.310. The van der Waals surface area contributed by atoms with Crippen molar-refractivity contribution >= 4 is 23.4 Å². The van der Waals surface area contributed by atoms with E-state index in [0.29, 0.717) is 13.2 Å². The largest absolute Gasteiger partial charge is 0.485 e. The maximum absolute atomic E-state index is 6.18. The summed E-state index contributed by atoms with van der Waals surface area (Å²) in [5.74, 6) is 2.56. The lowest BCUT2D eigenvalue weighted by Gasteiger charge is -2.20. The van der Waals surface area contributed by atoms with Crippen LogP contribution in [0.5, 0.6) is 5.75 Å². The molecule has 0 aliphatic heterocycles. The smallest absolute Gasteiger partial charge is 0.191 e. The lowest BCUT2D eigenvalue weighted by Crippen LogP contribution is -2.10. The molecule has 4 nitrogen and oxygen atoms in total. The zero-order valence-corrected chi connectivity index (χ0v) is 18.8. The summed E-state index contributed by atoms with van der Waals surface area (Å²) in [6.45, 7) is 7.09. The van der Waals surface area contributed by atoms with E-state index in [2.05, 4.69) is 40.4 Å². The number of aromatic nitrogens is 3. The first-order valence-corrected chi connectivity index (χ1v) is 11.7. The van der Waals surface area contributed by atoms with Gasteiger partial charge < -0.3 is 4.74 Å². The molecule has 0 N–H and O–H groups in total. The van der Waals surface area contributed by atoms with Gasteiger partial charge in [0, 0.05) is 17.3 Å². The molecule has 156 valence electrons. The number of nitrogens with zero attached hydrogens (tertiary/aromatic N) is 3. The van der Waals surface area contributed by atoms with Crippen LogP contribution in [0.15, 0.2) is 54.2 Å². The van der Waals surface area contributed by atoms with Crippen LogP contribution >= 0.6 is 23.4 Å². The van der Waals surface area contributed by atoms with Crippen molar-refractivity contribution in [3.8, 4) is 5.75 Å². The molecule has 0 saturated carbocycles. The van der Waals surface area contributed by atoms with Gasteiger partial charge in [0.1, 0.15) is 12.4 Å². The fourth-order valence-electron chi connectivity index (χ4n) is 3.86. The molecule has 0 amide bonds. The summed E-state index contributed by atoms with van der Waals surface area (Å²) < 4.78 is 8.25.